The summed E-state index contributed by atoms with van der Waals surface area (Å²) in [6.07, 6.45) is 8.44. The molecule has 3 rings (SSSR count). The first-order chi connectivity index (χ1) is 9.31. The summed E-state index contributed by atoms with van der Waals surface area (Å²) in [5, 5.41) is 6.34. The number of aryl methyl sites for hydroxylation is 2. The number of anilines is 1. The molecule has 1 amide bonds. The largest absolute Gasteiger partial charge is 0.376 e. The summed E-state index contributed by atoms with van der Waals surface area (Å²) in [7, 11) is 0. The molecule has 1 aromatic carbocycles. The standard InChI is InChI=1S/C16H22N2O/c19-16(18-14-6-1-2-7-14)11-17-15-9-8-12-4-3-5-13(12)10-15/h8-10,14,17H,1-7,11H2,(H,18,19). The van der Waals surface area contributed by atoms with Crippen LogP contribution in [0.4, 0.5) is 5.69 Å². The van der Waals surface area contributed by atoms with Crippen LogP contribution in [0, 0.1) is 0 Å². The lowest BCUT2D eigenvalue weighted by Crippen LogP contribution is -2.36. The zero-order valence-corrected chi connectivity index (χ0v) is 11.4. The van der Waals surface area contributed by atoms with E-state index in [1.165, 1.54) is 43.2 Å². The summed E-state index contributed by atoms with van der Waals surface area (Å²) in [5.41, 5.74) is 3.99. The third kappa shape index (κ3) is 3.09. The minimum atomic E-state index is 0.118. The van der Waals surface area contributed by atoms with E-state index in [0.717, 1.165) is 18.5 Å². The van der Waals surface area contributed by atoms with Crippen LogP contribution in [-0.4, -0.2) is 18.5 Å². The zero-order chi connectivity index (χ0) is 13.1. The third-order valence-electron chi connectivity index (χ3n) is 4.27. The Bertz CT molecular complexity index is 464. The number of amides is 1. The van der Waals surface area contributed by atoms with Crippen molar-refractivity contribution < 1.29 is 4.79 Å². The lowest BCUT2D eigenvalue weighted by atomic mass is 10.1. The fourth-order valence-electron chi connectivity index (χ4n) is 3.21. The highest BCUT2D eigenvalue weighted by Crippen LogP contribution is 2.24. The topological polar surface area (TPSA) is 41.1 Å². The Hall–Kier alpha value is -1.51. The summed E-state index contributed by atoms with van der Waals surface area (Å²) in [4.78, 5) is 11.8. The van der Waals surface area contributed by atoms with E-state index in [2.05, 4.69) is 28.8 Å². The van der Waals surface area contributed by atoms with E-state index >= 15 is 0 Å². The molecule has 3 nitrogen and oxygen atoms in total. The molecule has 102 valence electrons. The van der Waals surface area contributed by atoms with Gasteiger partial charge in [0, 0.05) is 11.7 Å². The minimum absolute atomic E-state index is 0.118. The van der Waals surface area contributed by atoms with Crippen molar-refractivity contribution in [3.05, 3.63) is 29.3 Å². The van der Waals surface area contributed by atoms with Gasteiger partial charge in [-0.3, -0.25) is 4.79 Å². The van der Waals surface area contributed by atoms with Crippen molar-refractivity contribution in [1.82, 2.24) is 5.32 Å². The van der Waals surface area contributed by atoms with E-state index < -0.39 is 0 Å². The van der Waals surface area contributed by atoms with Crippen molar-refractivity contribution in [2.45, 2.75) is 51.0 Å². The molecule has 0 bridgehead atoms. The summed E-state index contributed by atoms with van der Waals surface area (Å²) in [6, 6.07) is 6.90. The van der Waals surface area contributed by atoms with Gasteiger partial charge in [0.1, 0.15) is 0 Å². The molecule has 2 N–H and O–H groups in total. The number of hydrogen-bond donors (Lipinski definition) is 2. The minimum Gasteiger partial charge on any atom is -0.376 e. The van der Waals surface area contributed by atoms with Gasteiger partial charge < -0.3 is 10.6 Å². The SMILES string of the molecule is O=C(CNc1ccc2c(c1)CCC2)NC1CCCC1. The van der Waals surface area contributed by atoms with Gasteiger partial charge in [-0.1, -0.05) is 18.9 Å². The van der Waals surface area contributed by atoms with Gasteiger partial charge in [0.25, 0.3) is 0 Å². The molecule has 0 aliphatic heterocycles. The Labute approximate surface area is 114 Å². The molecule has 19 heavy (non-hydrogen) atoms. The van der Waals surface area contributed by atoms with Gasteiger partial charge in [0.05, 0.1) is 6.54 Å². The Balaban J connectivity index is 1.50. The van der Waals surface area contributed by atoms with E-state index in [1.54, 1.807) is 0 Å². The molecule has 2 aliphatic rings. The van der Waals surface area contributed by atoms with Crippen molar-refractivity contribution in [2.24, 2.45) is 0 Å². The van der Waals surface area contributed by atoms with Crippen LogP contribution >= 0.6 is 0 Å². The predicted molar refractivity (Wildman–Crippen MR) is 77.4 cm³/mol. The molecular weight excluding hydrogens is 236 g/mol. The first-order valence-corrected chi connectivity index (χ1v) is 7.46. The lowest BCUT2D eigenvalue weighted by molar-refractivity contribution is -0.120. The predicted octanol–water partition coefficient (Wildman–Crippen LogP) is 2.65. The molecule has 0 atom stereocenters. The van der Waals surface area contributed by atoms with Crippen LogP contribution < -0.4 is 10.6 Å². The average Bonchev–Trinajstić information content (AvgIpc) is 3.06. The van der Waals surface area contributed by atoms with E-state index in [0.29, 0.717) is 12.6 Å². The second-order valence-corrected chi connectivity index (χ2v) is 5.74. The fraction of sp³-hybridized carbons (Fsp3) is 0.562. The maximum absolute atomic E-state index is 11.8. The van der Waals surface area contributed by atoms with Crippen molar-refractivity contribution in [3.63, 3.8) is 0 Å². The van der Waals surface area contributed by atoms with E-state index in [1.807, 2.05) is 0 Å². The molecule has 0 unspecified atom stereocenters. The molecule has 1 aromatic rings. The van der Waals surface area contributed by atoms with Gasteiger partial charge in [-0.2, -0.15) is 0 Å². The normalized spacial score (nSPS) is 18.3. The van der Waals surface area contributed by atoms with Crippen molar-refractivity contribution in [2.75, 3.05) is 11.9 Å². The summed E-state index contributed by atoms with van der Waals surface area (Å²) >= 11 is 0. The Morgan fingerprint density at radius 2 is 1.89 bits per heavy atom. The molecule has 2 aliphatic carbocycles. The number of rotatable bonds is 4. The van der Waals surface area contributed by atoms with E-state index in [4.69, 9.17) is 0 Å². The van der Waals surface area contributed by atoms with Crippen LogP contribution in [-0.2, 0) is 17.6 Å². The Kier molecular flexibility index (Phi) is 3.72. The van der Waals surface area contributed by atoms with Crippen LogP contribution in [0.5, 0.6) is 0 Å². The third-order valence-corrected chi connectivity index (χ3v) is 4.27. The van der Waals surface area contributed by atoms with Gasteiger partial charge in [0.15, 0.2) is 0 Å². The lowest BCUT2D eigenvalue weighted by Gasteiger charge is -2.13. The van der Waals surface area contributed by atoms with Gasteiger partial charge >= 0.3 is 0 Å². The van der Waals surface area contributed by atoms with Gasteiger partial charge in [-0.15, -0.1) is 0 Å². The summed E-state index contributed by atoms with van der Waals surface area (Å²) < 4.78 is 0. The number of nitrogens with one attached hydrogen (secondary N) is 2. The van der Waals surface area contributed by atoms with Crippen molar-refractivity contribution in [1.29, 1.82) is 0 Å². The number of carbonyl (C=O) groups excluding carboxylic acids is 1. The highest BCUT2D eigenvalue weighted by atomic mass is 16.1. The zero-order valence-electron chi connectivity index (χ0n) is 11.4. The Morgan fingerprint density at radius 3 is 2.74 bits per heavy atom. The van der Waals surface area contributed by atoms with Crippen LogP contribution in [0.1, 0.15) is 43.2 Å². The second-order valence-electron chi connectivity index (χ2n) is 5.74. The molecule has 0 heterocycles. The molecule has 0 saturated heterocycles. The van der Waals surface area contributed by atoms with Crippen LogP contribution in [0.3, 0.4) is 0 Å². The number of fused-ring (bicyclic) bond motifs is 1. The van der Waals surface area contributed by atoms with Gasteiger partial charge in [0.2, 0.25) is 5.91 Å². The maximum Gasteiger partial charge on any atom is 0.239 e. The maximum atomic E-state index is 11.8. The van der Waals surface area contributed by atoms with Gasteiger partial charge in [-0.05, 0) is 55.4 Å². The molecule has 3 heteroatoms. The highest BCUT2D eigenvalue weighted by molar-refractivity contribution is 5.81. The monoisotopic (exact) mass is 258 g/mol. The van der Waals surface area contributed by atoms with Gasteiger partial charge in [-0.25, -0.2) is 0 Å². The second kappa shape index (κ2) is 5.64. The van der Waals surface area contributed by atoms with Crippen LogP contribution in [0.15, 0.2) is 18.2 Å². The number of carbonyl (C=O) groups is 1. The van der Waals surface area contributed by atoms with E-state index in [9.17, 15) is 4.79 Å². The molecule has 0 radical (unpaired) electrons. The molecule has 1 saturated carbocycles. The molecule has 0 spiro atoms. The van der Waals surface area contributed by atoms with Crippen LogP contribution in [0.2, 0.25) is 0 Å². The summed E-state index contributed by atoms with van der Waals surface area (Å²) in [5.74, 6) is 0.118. The fourth-order valence-corrected chi connectivity index (χ4v) is 3.21. The number of hydrogen-bond acceptors (Lipinski definition) is 2. The molecule has 0 aromatic heterocycles. The summed E-state index contributed by atoms with van der Waals surface area (Å²) in [6.45, 7) is 0.384. The molecular formula is C16H22N2O. The Morgan fingerprint density at radius 1 is 1.11 bits per heavy atom. The number of benzene rings is 1. The first-order valence-electron chi connectivity index (χ1n) is 7.46. The van der Waals surface area contributed by atoms with Crippen LogP contribution in [0.25, 0.3) is 0 Å². The quantitative estimate of drug-likeness (QED) is 0.871. The van der Waals surface area contributed by atoms with E-state index in [-0.39, 0.29) is 5.91 Å². The smallest absolute Gasteiger partial charge is 0.239 e. The first kappa shape index (κ1) is 12.5. The molecule has 1 fully saturated rings. The highest BCUT2D eigenvalue weighted by Gasteiger charge is 2.17. The average molecular weight is 258 g/mol. The van der Waals surface area contributed by atoms with Crippen molar-refractivity contribution in [3.8, 4) is 0 Å². The van der Waals surface area contributed by atoms with Crippen molar-refractivity contribution >= 4 is 11.6 Å².